The van der Waals surface area contributed by atoms with Crippen LogP contribution >= 0.6 is 11.3 Å². The number of amides is 2. The third-order valence-electron chi connectivity index (χ3n) is 3.20. The molecule has 2 amide bonds. The predicted octanol–water partition coefficient (Wildman–Crippen LogP) is 0.977. The zero-order chi connectivity index (χ0) is 14.0. The Morgan fingerprint density at radius 1 is 1.53 bits per heavy atom. The van der Waals surface area contributed by atoms with Crippen LogP contribution in [-0.2, 0) is 16.0 Å². The summed E-state index contributed by atoms with van der Waals surface area (Å²) in [5.41, 5.74) is 0.988. The molecule has 1 unspecified atom stereocenters. The van der Waals surface area contributed by atoms with Crippen molar-refractivity contribution in [3.63, 3.8) is 0 Å². The minimum Gasteiger partial charge on any atom is -0.343 e. The van der Waals surface area contributed by atoms with Crippen molar-refractivity contribution in [2.45, 2.75) is 33.2 Å². The minimum atomic E-state index is -0.390. The molecule has 104 valence electrons. The van der Waals surface area contributed by atoms with Gasteiger partial charge in [0.2, 0.25) is 11.8 Å². The summed E-state index contributed by atoms with van der Waals surface area (Å²) < 4.78 is 0. The molecule has 0 saturated carbocycles. The normalized spacial score (nSPS) is 20.0. The van der Waals surface area contributed by atoms with Crippen molar-refractivity contribution in [1.82, 2.24) is 15.2 Å². The van der Waals surface area contributed by atoms with Crippen molar-refractivity contribution in [1.29, 1.82) is 0 Å². The molecular formula is C13H19N3O2S. The fraction of sp³-hybridized carbons (Fsp3) is 0.615. The molecule has 1 aromatic rings. The second-order valence-corrected chi connectivity index (χ2v) is 6.22. The molecule has 0 bridgehead atoms. The average molecular weight is 281 g/mol. The van der Waals surface area contributed by atoms with Gasteiger partial charge in [-0.3, -0.25) is 9.59 Å². The lowest BCUT2D eigenvalue weighted by atomic mass is 10.0. The summed E-state index contributed by atoms with van der Waals surface area (Å²) in [5.74, 6) is 0.0510. The van der Waals surface area contributed by atoms with Crippen LogP contribution in [0.15, 0.2) is 5.38 Å². The summed E-state index contributed by atoms with van der Waals surface area (Å²) in [4.78, 5) is 29.9. The van der Waals surface area contributed by atoms with Crippen LogP contribution in [0.25, 0.3) is 0 Å². The number of hydrogen-bond acceptors (Lipinski definition) is 4. The molecule has 2 heterocycles. The van der Waals surface area contributed by atoms with Crippen molar-refractivity contribution in [2.75, 3.05) is 13.1 Å². The maximum Gasteiger partial charge on any atom is 0.245 e. The molecule has 5 nitrogen and oxygen atoms in total. The molecule has 1 atom stereocenters. The van der Waals surface area contributed by atoms with Crippen LogP contribution in [0.3, 0.4) is 0 Å². The van der Waals surface area contributed by atoms with Gasteiger partial charge in [-0.15, -0.1) is 11.3 Å². The van der Waals surface area contributed by atoms with Crippen LogP contribution in [-0.4, -0.2) is 40.8 Å². The fourth-order valence-electron chi connectivity index (χ4n) is 2.14. The molecule has 19 heavy (non-hydrogen) atoms. The second kappa shape index (κ2) is 5.69. The Morgan fingerprint density at radius 2 is 2.26 bits per heavy atom. The highest BCUT2D eigenvalue weighted by atomic mass is 32.1. The largest absolute Gasteiger partial charge is 0.343 e. The zero-order valence-corrected chi connectivity index (χ0v) is 12.3. The van der Waals surface area contributed by atoms with E-state index in [-0.39, 0.29) is 24.3 Å². The Hall–Kier alpha value is -1.43. The highest BCUT2D eigenvalue weighted by Crippen LogP contribution is 2.13. The minimum absolute atomic E-state index is 0.0153. The standard InChI is InChI=1S/C13H19N3O2S/c1-8(2)12-13(18)16(6-11(17)15-12)5-4-10-7-19-9(3)14-10/h7-8,12H,4-6H2,1-3H3,(H,15,17). The molecule has 6 heteroatoms. The van der Waals surface area contributed by atoms with Gasteiger partial charge in [0.15, 0.2) is 0 Å². The molecule has 0 aromatic carbocycles. The first-order valence-corrected chi connectivity index (χ1v) is 7.34. The van der Waals surface area contributed by atoms with E-state index in [2.05, 4.69) is 10.3 Å². The van der Waals surface area contributed by atoms with Crippen LogP contribution < -0.4 is 5.32 Å². The molecule has 1 N–H and O–H groups in total. The summed E-state index contributed by atoms with van der Waals surface area (Å²) in [6, 6.07) is -0.390. The van der Waals surface area contributed by atoms with E-state index in [0.717, 1.165) is 10.7 Å². The van der Waals surface area contributed by atoms with Crippen LogP contribution in [0.4, 0.5) is 0 Å². The van der Waals surface area contributed by atoms with Crippen molar-refractivity contribution in [3.05, 3.63) is 16.1 Å². The summed E-state index contributed by atoms with van der Waals surface area (Å²) in [6.45, 7) is 6.55. The van der Waals surface area contributed by atoms with Gasteiger partial charge in [0.25, 0.3) is 0 Å². The fourth-order valence-corrected chi connectivity index (χ4v) is 2.79. The van der Waals surface area contributed by atoms with Crippen molar-refractivity contribution < 1.29 is 9.59 Å². The third kappa shape index (κ3) is 3.32. The van der Waals surface area contributed by atoms with E-state index in [1.807, 2.05) is 26.2 Å². The SMILES string of the molecule is Cc1nc(CCN2CC(=O)NC(C(C)C)C2=O)cs1. The lowest BCUT2D eigenvalue weighted by molar-refractivity contribution is -0.145. The van der Waals surface area contributed by atoms with Crippen LogP contribution in [0.1, 0.15) is 24.5 Å². The van der Waals surface area contributed by atoms with E-state index in [1.165, 1.54) is 0 Å². The number of carbonyl (C=O) groups excluding carboxylic acids is 2. The predicted molar refractivity (Wildman–Crippen MR) is 73.9 cm³/mol. The molecule has 1 aromatic heterocycles. The Labute approximate surface area is 117 Å². The van der Waals surface area contributed by atoms with E-state index < -0.39 is 6.04 Å². The summed E-state index contributed by atoms with van der Waals surface area (Å²) in [7, 11) is 0. The van der Waals surface area contributed by atoms with Gasteiger partial charge in [0, 0.05) is 18.3 Å². The summed E-state index contributed by atoms with van der Waals surface area (Å²) in [6.07, 6.45) is 0.703. The first-order valence-electron chi connectivity index (χ1n) is 6.46. The highest BCUT2D eigenvalue weighted by Gasteiger charge is 2.34. The number of nitrogens with one attached hydrogen (secondary N) is 1. The molecule has 0 radical (unpaired) electrons. The number of nitrogens with zero attached hydrogens (tertiary/aromatic N) is 2. The Morgan fingerprint density at radius 3 is 2.84 bits per heavy atom. The summed E-state index contributed by atoms with van der Waals surface area (Å²) >= 11 is 1.60. The number of aryl methyl sites for hydroxylation is 1. The van der Waals surface area contributed by atoms with Gasteiger partial charge in [-0.05, 0) is 12.8 Å². The van der Waals surface area contributed by atoms with Gasteiger partial charge in [0.05, 0.1) is 17.2 Å². The molecular weight excluding hydrogens is 262 g/mol. The van der Waals surface area contributed by atoms with Crippen LogP contribution in [0.5, 0.6) is 0 Å². The molecule has 0 aliphatic carbocycles. The van der Waals surface area contributed by atoms with Gasteiger partial charge in [-0.1, -0.05) is 13.8 Å². The molecule has 0 spiro atoms. The monoisotopic (exact) mass is 281 g/mol. The molecule has 1 saturated heterocycles. The van der Waals surface area contributed by atoms with Crippen molar-refractivity contribution in [2.24, 2.45) is 5.92 Å². The number of rotatable bonds is 4. The smallest absolute Gasteiger partial charge is 0.245 e. The maximum atomic E-state index is 12.2. The van der Waals surface area contributed by atoms with Gasteiger partial charge < -0.3 is 10.2 Å². The van der Waals surface area contributed by atoms with Crippen molar-refractivity contribution >= 4 is 23.2 Å². The molecule has 2 rings (SSSR count). The van der Waals surface area contributed by atoms with E-state index in [9.17, 15) is 9.59 Å². The highest BCUT2D eigenvalue weighted by molar-refractivity contribution is 7.09. The zero-order valence-electron chi connectivity index (χ0n) is 11.5. The topological polar surface area (TPSA) is 62.3 Å². The quantitative estimate of drug-likeness (QED) is 0.895. The van der Waals surface area contributed by atoms with Gasteiger partial charge >= 0.3 is 0 Å². The Bertz CT molecular complexity index is 484. The van der Waals surface area contributed by atoms with E-state index in [4.69, 9.17) is 0 Å². The number of carbonyl (C=O) groups is 2. The lowest BCUT2D eigenvalue weighted by Gasteiger charge is -2.34. The van der Waals surface area contributed by atoms with E-state index in [0.29, 0.717) is 13.0 Å². The number of piperazine rings is 1. The second-order valence-electron chi connectivity index (χ2n) is 5.16. The van der Waals surface area contributed by atoms with E-state index >= 15 is 0 Å². The molecule has 1 fully saturated rings. The molecule has 1 aliphatic rings. The van der Waals surface area contributed by atoms with Gasteiger partial charge in [-0.2, -0.15) is 0 Å². The van der Waals surface area contributed by atoms with Gasteiger partial charge in [-0.25, -0.2) is 4.98 Å². The van der Waals surface area contributed by atoms with Crippen molar-refractivity contribution in [3.8, 4) is 0 Å². The third-order valence-corrected chi connectivity index (χ3v) is 4.02. The number of hydrogen-bond donors (Lipinski definition) is 1. The molecule has 1 aliphatic heterocycles. The number of thiazole rings is 1. The Balaban J connectivity index is 1.98. The van der Waals surface area contributed by atoms with Crippen LogP contribution in [0, 0.1) is 12.8 Å². The van der Waals surface area contributed by atoms with Gasteiger partial charge in [0.1, 0.15) is 6.04 Å². The Kier molecular flexibility index (Phi) is 4.19. The first kappa shape index (κ1) is 14.0. The van der Waals surface area contributed by atoms with E-state index in [1.54, 1.807) is 16.2 Å². The average Bonchev–Trinajstić information content (AvgIpc) is 2.75. The lowest BCUT2D eigenvalue weighted by Crippen LogP contribution is -2.60. The first-order chi connectivity index (χ1) is 8.97. The number of aromatic nitrogens is 1. The summed E-state index contributed by atoms with van der Waals surface area (Å²) in [5, 5.41) is 5.78. The van der Waals surface area contributed by atoms with Crippen LogP contribution in [0.2, 0.25) is 0 Å². The maximum absolute atomic E-state index is 12.2.